The number of methoxy groups -OCH3 is 1. The normalized spacial score (nSPS) is 10.0. The predicted octanol–water partition coefficient (Wildman–Crippen LogP) is 2.62. The van der Waals surface area contributed by atoms with Crippen molar-refractivity contribution in [1.29, 1.82) is 0 Å². The first-order valence-corrected chi connectivity index (χ1v) is 6.22. The van der Waals surface area contributed by atoms with Crippen LogP contribution in [0.4, 0.5) is 11.5 Å². The SMILES string of the molecule is CNc1cc(COc2cc([N+](=O)[O-])ccc2OC)ccn1. The lowest BCUT2D eigenvalue weighted by atomic mass is 10.2. The van der Waals surface area contributed by atoms with Crippen LogP contribution in [0.15, 0.2) is 36.5 Å². The number of benzene rings is 1. The van der Waals surface area contributed by atoms with Gasteiger partial charge in [-0.25, -0.2) is 4.98 Å². The summed E-state index contributed by atoms with van der Waals surface area (Å²) in [6, 6.07) is 7.88. The second kappa shape index (κ2) is 6.56. The molecule has 2 rings (SSSR count). The maximum atomic E-state index is 10.8. The van der Waals surface area contributed by atoms with E-state index in [1.165, 1.54) is 25.3 Å². The number of hydrogen-bond donors (Lipinski definition) is 1. The molecule has 1 N–H and O–H groups in total. The van der Waals surface area contributed by atoms with E-state index in [0.29, 0.717) is 11.5 Å². The summed E-state index contributed by atoms with van der Waals surface area (Å²) in [4.78, 5) is 14.4. The highest BCUT2D eigenvalue weighted by Gasteiger charge is 2.12. The fourth-order valence-electron chi connectivity index (χ4n) is 1.75. The van der Waals surface area contributed by atoms with E-state index < -0.39 is 4.92 Å². The molecule has 0 radical (unpaired) electrons. The zero-order valence-corrected chi connectivity index (χ0v) is 11.7. The number of ether oxygens (including phenoxy) is 2. The van der Waals surface area contributed by atoms with Gasteiger partial charge in [-0.2, -0.15) is 0 Å². The first kappa shape index (κ1) is 14.6. The minimum absolute atomic E-state index is 0.0450. The van der Waals surface area contributed by atoms with Crippen LogP contribution in [0, 0.1) is 10.1 Å². The number of non-ortho nitro benzene ring substituents is 1. The molecule has 0 aliphatic carbocycles. The Kier molecular flexibility index (Phi) is 4.55. The second-order valence-electron chi connectivity index (χ2n) is 4.18. The molecule has 0 fully saturated rings. The molecule has 0 amide bonds. The smallest absolute Gasteiger partial charge is 0.273 e. The molecule has 0 atom stereocenters. The molecular formula is C14H15N3O4. The number of nitrogens with one attached hydrogen (secondary N) is 1. The van der Waals surface area contributed by atoms with Crippen molar-refractivity contribution in [1.82, 2.24) is 4.98 Å². The number of pyridine rings is 1. The highest BCUT2D eigenvalue weighted by Crippen LogP contribution is 2.31. The number of nitrogens with zero attached hydrogens (tertiary/aromatic N) is 2. The lowest BCUT2D eigenvalue weighted by Crippen LogP contribution is -2.00. The fourth-order valence-corrected chi connectivity index (χ4v) is 1.75. The molecule has 0 unspecified atom stereocenters. The van der Waals surface area contributed by atoms with Gasteiger partial charge in [-0.05, 0) is 23.8 Å². The van der Waals surface area contributed by atoms with E-state index in [4.69, 9.17) is 9.47 Å². The van der Waals surface area contributed by atoms with Crippen LogP contribution in [-0.2, 0) is 6.61 Å². The van der Waals surface area contributed by atoms with Gasteiger partial charge in [0.05, 0.1) is 18.1 Å². The number of aromatic nitrogens is 1. The molecule has 7 nitrogen and oxygen atoms in total. The van der Waals surface area contributed by atoms with Crippen LogP contribution < -0.4 is 14.8 Å². The van der Waals surface area contributed by atoms with E-state index in [2.05, 4.69) is 10.3 Å². The third-order valence-electron chi connectivity index (χ3n) is 2.83. The summed E-state index contributed by atoms with van der Waals surface area (Å²) < 4.78 is 10.8. The first-order chi connectivity index (χ1) is 10.1. The van der Waals surface area contributed by atoms with Gasteiger partial charge < -0.3 is 14.8 Å². The highest BCUT2D eigenvalue weighted by molar-refractivity contribution is 5.48. The molecule has 0 spiro atoms. The van der Waals surface area contributed by atoms with Gasteiger partial charge in [-0.3, -0.25) is 10.1 Å². The summed E-state index contributed by atoms with van der Waals surface area (Å²) in [5.41, 5.74) is 0.847. The Labute approximate surface area is 121 Å². The Bertz CT molecular complexity index is 646. The number of hydrogen-bond acceptors (Lipinski definition) is 6. The molecule has 2 aromatic rings. The van der Waals surface area contributed by atoms with Gasteiger partial charge in [0.2, 0.25) is 0 Å². The molecule has 21 heavy (non-hydrogen) atoms. The van der Waals surface area contributed by atoms with Crippen molar-refractivity contribution in [2.45, 2.75) is 6.61 Å². The van der Waals surface area contributed by atoms with Crippen LogP contribution >= 0.6 is 0 Å². The van der Waals surface area contributed by atoms with Crippen molar-refractivity contribution < 1.29 is 14.4 Å². The van der Waals surface area contributed by atoms with Crippen molar-refractivity contribution in [2.24, 2.45) is 0 Å². The van der Waals surface area contributed by atoms with Crippen molar-refractivity contribution >= 4 is 11.5 Å². The summed E-state index contributed by atoms with van der Waals surface area (Å²) in [6.45, 7) is 0.259. The van der Waals surface area contributed by atoms with Crippen LogP contribution in [0.2, 0.25) is 0 Å². The van der Waals surface area contributed by atoms with E-state index >= 15 is 0 Å². The van der Waals surface area contributed by atoms with Gasteiger partial charge >= 0.3 is 0 Å². The largest absolute Gasteiger partial charge is 0.493 e. The molecule has 1 aromatic carbocycles. The average molecular weight is 289 g/mol. The Morgan fingerprint density at radius 2 is 2.10 bits per heavy atom. The molecule has 0 saturated carbocycles. The third-order valence-corrected chi connectivity index (χ3v) is 2.83. The van der Waals surface area contributed by atoms with Gasteiger partial charge in [0.1, 0.15) is 12.4 Å². The summed E-state index contributed by atoms with van der Waals surface area (Å²) in [5, 5.41) is 13.7. The number of nitro groups is 1. The van der Waals surface area contributed by atoms with Crippen LogP contribution in [0.25, 0.3) is 0 Å². The fraction of sp³-hybridized carbons (Fsp3) is 0.214. The summed E-state index contributed by atoms with van der Waals surface area (Å²) in [6.07, 6.45) is 1.66. The predicted molar refractivity (Wildman–Crippen MR) is 77.8 cm³/mol. The molecule has 7 heteroatoms. The summed E-state index contributed by atoms with van der Waals surface area (Å²) >= 11 is 0. The van der Waals surface area contributed by atoms with Gasteiger partial charge in [0.15, 0.2) is 11.5 Å². The van der Waals surface area contributed by atoms with E-state index in [1.54, 1.807) is 13.2 Å². The van der Waals surface area contributed by atoms with Crippen LogP contribution in [0.5, 0.6) is 11.5 Å². The summed E-state index contributed by atoms with van der Waals surface area (Å²) in [5.74, 6) is 1.50. The highest BCUT2D eigenvalue weighted by atomic mass is 16.6. The molecule has 1 aromatic heterocycles. The standard InChI is InChI=1S/C14H15N3O4/c1-15-14-7-10(5-6-16-14)9-21-13-8-11(17(18)19)3-4-12(13)20-2/h3-8H,9H2,1-2H3,(H,15,16). The maximum Gasteiger partial charge on any atom is 0.273 e. The number of nitro benzene ring substituents is 1. The van der Waals surface area contributed by atoms with Crippen molar-refractivity contribution in [3.63, 3.8) is 0 Å². The van der Waals surface area contributed by atoms with Crippen molar-refractivity contribution in [2.75, 3.05) is 19.5 Å². The lowest BCUT2D eigenvalue weighted by molar-refractivity contribution is -0.385. The van der Waals surface area contributed by atoms with Gasteiger partial charge in [0, 0.05) is 19.3 Å². The number of anilines is 1. The second-order valence-corrected chi connectivity index (χ2v) is 4.18. The maximum absolute atomic E-state index is 10.8. The Balaban J connectivity index is 2.17. The molecule has 1 heterocycles. The van der Waals surface area contributed by atoms with Crippen molar-refractivity contribution in [3.8, 4) is 11.5 Å². The molecule has 110 valence electrons. The number of rotatable bonds is 6. The Hall–Kier alpha value is -2.83. The van der Waals surface area contributed by atoms with E-state index in [-0.39, 0.29) is 12.3 Å². The molecule has 0 saturated heterocycles. The van der Waals surface area contributed by atoms with Gasteiger partial charge in [0.25, 0.3) is 5.69 Å². The Morgan fingerprint density at radius 3 is 2.76 bits per heavy atom. The first-order valence-electron chi connectivity index (χ1n) is 6.22. The minimum Gasteiger partial charge on any atom is -0.493 e. The molecule has 0 aliphatic heterocycles. The lowest BCUT2D eigenvalue weighted by Gasteiger charge is -2.11. The third kappa shape index (κ3) is 3.59. The van der Waals surface area contributed by atoms with E-state index in [9.17, 15) is 10.1 Å². The van der Waals surface area contributed by atoms with E-state index in [1.807, 2.05) is 12.1 Å². The van der Waals surface area contributed by atoms with Gasteiger partial charge in [-0.1, -0.05) is 0 Å². The average Bonchev–Trinajstić information content (AvgIpc) is 2.52. The van der Waals surface area contributed by atoms with Crippen LogP contribution in [0.1, 0.15) is 5.56 Å². The Morgan fingerprint density at radius 1 is 1.29 bits per heavy atom. The minimum atomic E-state index is -0.474. The van der Waals surface area contributed by atoms with Crippen LogP contribution in [0.3, 0.4) is 0 Å². The van der Waals surface area contributed by atoms with E-state index in [0.717, 1.165) is 11.4 Å². The zero-order chi connectivity index (χ0) is 15.2. The quantitative estimate of drug-likeness (QED) is 0.649. The molecular weight excluding hydrogens is 274 g/mol. The van der Waals surface area contributed by atoms with Crippen molar-refractivity contribution in [3.05, 3.63) is 52.2 Å². The van der Waals surface area contributed by atoms with Crippen LogP contribution in [-0.4, -0.2) is 24.1 Å². The van der Waals surface area contributed by atoms with Gasteiger partial charge in [-0.15, -0.1) is 0 Å². The summed E-state index contributed by atoms with van der Waals surface area (Å²) in [7, 11) is 3.26. The topological polar surface area (TPSA) is 86.5 Å². The molecule has 0 aliphatic rings. The zero-order valence-electron chi connectivity index (χ0n) is 11.7. The monoisotopic (exact) mass is 289 g/mol. The molecule has 0 bridgehead atoms.